The third kappa shape index (κ3) is 4.82. The predicted octanol–water partition coefficient (Wildman–Crippen LogP) is 2.50. The Hall–Kier alpha value is -2.86. The quantitative estimate of drug-likeness (QED) is 0.815. The van der Waals surface area contributed by atoms with E-state index in [0.717, 1.165) is 0 Å². The van der Waals surface area contributed by atoms with Gasteiger partial charge in [-0.15, -0.1) is 0 Å². The summed E-state index contributed by atoms with van der Waals surface area (Å²) in [5, 5.41) is 5.61. The van der Waals surface area contributed by atoms with Gasteiger partial charge in [0, 0.05) is 21.8 Å². The summed E-state index contributed by atoms with van der Waals surface area (Å²) in [6, 6.07) is 12.8. The molecule has 0 spiro atoms. The topological polar surface area (TPSA) is 84.5 Å². The summed E-state index contributed by atoms with van der Waals surface area (Å²) in [5.41, 5.74) is 1.33. The van der Waals surface area contributed by atoms with Crippen molar-refractivity contribution in [2.24, 2.45) is 0 Å². The van der Waals surface area contributed by atoms with Crippen molar-refractivity contribution in [3.05, 3.63) is 64.7 Å². The maximum atomic E-state index is 12.1. The molecule has 2 aromatic rings. The van der Waals surface area contributed by atoms with Gasteiger partial charge in [0.25, 0.3) is 11.8 Å². The van der Waals surface area contributed by atoms with Crippen molar-refractivity contribution < 1.29 is 19.1 Å². The molecule has 0 bridgehead atoms. The number of anilines is 1. The van der Waals surface area contributed by atoms with Crippen LogP contribution < -0.4 is 10.6 Å². The first-order chi connectivity index (χ1) is 11.5. The zero-order valence-electron chi connectivity index (χ0n) is 12.8. The van der Waals surface area contributed by atoms with Gasteiger partial charge in [0.05, 0.1) is 7.11 Å². The summed E-state index contributed by atoms with van der Waals surface area (Å²) in [5.74, 6) is -1.25. The zero-order chi connectivity index (χ0) is 17.5. The molecule has 124 valence electrons. The number of benzene rings is 2. The van der Waals surface area contributed by atoms with Gasteiger partial charge < -0.3 is 15.4 Å². The molecule has 0 aromatic heterocycles. The highest BCUT2D eigenvalue weighted by Gasteiger charge is 2.09. The number of nitrogens with one attached hydrogen (secondary N) is 2. The average Bonchev–Trinajstić information content (AvgIpc) is 2.60. The third-order valence-electron chi connectivity index (χ3n) is 3.11. The lowest BCUT2D eigenvalue weighted by Crippen LogP contribution is -2.30. The lowest BCUT2D eigenvalue weighted by Gasteiger charge is -2.07. The van der Waals surface area contributed by atoms with E-state index in [1.165, 1.54) is 7.11 Å². The minimum atomic E-state index is -0.534. The molecule has 0 aliphatic heterocycles. The number of methoxy groups -OCH3 is 1. The summed E-state index contributed by atoms with van der Waals surface area (Å²) in [6.45, 7) is -0.206. The van der Waals surface area contributed by atoms with Gasteiger partial charge in [0.2, 0.25) is 0 Å². The normalized spacial score (nSPS) is 9.92. The van der Waals surface area contributed by atoms with Crippen molar-refractivity contribution in [1.29, 1.82) is 0 Å². The smallest absolute Gasteiger partial charge is 0.325 e. The van der Waals surface area contributed by atoms with Crippen molar-refractivity contribution >= 4 is 35.1 Å². The van der Waals surface area contributed by atoms with Crippen LogP contribution in [0.25, 0.3) is 0 Å². The highest BCUT2D eigenvalue weighted by atomic mass is 35.5. The van der Waals surface area contributed by atoms with E-state index in [1.54, 1.807) is 48.5 Å². The molecular formula is C17H15ClN2O4. The van der Waals surface area contributed by atoms with E-state index < -0.39 is 11.9 Å². The molecule has 0 unspecified atom stereocenters. The second kappa shape index (κ2) is 8.12. The molecule has 0 saturated carbocycles. The summed E-state index contributed by atoms with van der Waals surface area (Å²) in [6.07, 6.45) is 0. The number of amides is 2. The van der Waals surface area contributed by atoms with Gasteiger partial charge in [-0.1, -0.05) is 17.7 Å². The molecule has 0 saturated heterocycles. The van der Waals surface area contributed by atoms with E-state index >= 15 is 0 Å². The van der Waals surface area contributed by atoms with Gasteiger partial charge in [-0.2, -0.15) is 0 Å². The minimum Gasteiger partial charge on any atom is -0.468 e. The monoisotopic (exact) mass is 346 g/mol. The van der Waals surface area contributed by atoms with Crippen LogP contribution in [0.5, 0.6) is 0 Å². The molecule has 2 aromatic carbocycles. The molecule has 0 aliphatic carbocycles. The van der Waals surface area contributed by atoms with Crippen LogP contribution in [0.2, 0.25) is 5.02 Å². The van der Waals surface area contributed by atoms with Gasteiger partial charge in [-0.05, 0) is 42.5 Å². The van der Waals surface area contributed by atoms with Crippen LogP contribution in [0, 0.1) is 0 Å². The van der Waals surface area contributed by atoms with Crippen LogP contribution in [0.1, 0.15) is 20.7 Å². The number of hydrogen-bond acceptors (Lipinski definition) is 4. The fraction of sp³-hybridized carbons (Fsp3) is 0.118. The minimum absolute atomic E-state index is 0.206. The van der Waals surface area contributed by atoms with Gasteiger partial charge >= 0.3 is 5.97 Å². The largest absolute Gasteiger partial charge is 0.468 e. The lowest BCUT2D eigenvalue weighted by molar-refractivity contribution is -0.139. The van der Waals surface area contributed by atoms with Crippen LogP contribution >= 0.6 is 11.6 Å². The summed E-state index contributed by atoms with van der Waals surface area (Å²) in [7, 11) is 1.24. The molecule has 6 nitrogen and oxygen atoms in total. The summed E-state index contributed by atoms with van der Waals surface area (Å²) >= 11 is 5.85. The van der Waals surface area contributed by atoms with E-state index in [9.17, 15) is 14.4 Å². The Balaban J connectivity index is 1.98. The molecule has 2 N–H and O–H groups in total. The second-order valence-electron chi connectivity index (χ2n) is 4.80. The zero-order valence-corrected chi connectivity index (χ0v) is 13.6. The van der Waals surface area contributed by atoms with Crippen molar-refractivity contribution in [3.8, 4) is 0 Å². The average molecular weight is 347 g/mol. The van der Waals surface area contributed by atoms with Crippen molar-refractivity contribution in [2.45, 2.75) is 0 Å². The van der Waals surface area contributed by atoms with Gasteiger partial charge in [0.15, 0.2) is 0 Å². The molecular weight excluding hydrogens is 332 g/mol. The fourth-order valence-electron chi connectivity index (χ4n) is 1.86. The van der Waals surface area contributed by atoms with Crippen LogP contribution in [0.15, 0.2) is 48.5 Å². The number of ether oxygens (including phenoxy) is 1. The lowest BCUT2D eigenvalue weighted by atomic mass is 10.1. The third-order valence-corrected chi connectivity index (χ3v) is 3.35. The number of rotatable bonds is 5. The number of hydrogen-bond donors (Lipinski definition) is 2. The Labute approximate surface area is 143 Å². The van der Waals surface area contributed by atoms with Crippen LogP contribution in [0.3, 0.4) is 0 Å². The molecule has 24 heavy (non-hydrogen) atoms. The standard InChI is InChI=1S/C17H15ClN2O4/c1-24-15(21)10-19-16(22)11-5-7-14(8-6-11)20-17(23)12-3-2-4-13(18)9-12/h2-9H,10H2,1H3,(H,19,22)(H,20,23). The first kappa shape index (κ1) is 17.5. The van der Waals surface area contributed by atoms with Crippen molar-refractivity contribution in [1.82, 2.24) is 5.32 Å². The first-order valence-electron chi connectivity index (χ1n) is 7.01. The highest BCUT2D eigenvalue weighted by Crippen LogP contribution is 2.14. The molecule has 0 fully saturated rings. The Kier molecular flexibility index (Phi) is 5.92. The molecule has 0 aliphatic rings. The Morgan fingerprint density at radius 3 is 2.33 bits per heavy atom. The number of halogens is 1. The molecule has 2 amide bonds. The van der Waals surface area contributed by atoms with Crippen LogP contribution in [-0.2, 0) is 9.53 Å². The maximum absolute atomic E-state index is 12.1. The molecule has 7 heteroatoms. The van der Waals surface area contributed by atoms with E-state index in [0.29, 0.717) is 21.8 Å². The predicted molar refractivity (Wildman–Crippen MR) is 90.2 cm³/mol. The number of carbonyl (C=O) groups is 3. The van der Waals surface area contributed by atoms with Gasteiger partial charge in [-0.3, -0.25) is 14.4 Å². The number of carbonyl (C=O) groups excluding carboxylic acids is 3. The maximum Gasteiger partial charge on any atom is 0.325 e. The second-order valence-corrected chi connectivity index (χ2v) is 5.24. The van der Waals surface area contributed by atoms with Gasteiger partial charge in [-0.25, -0.2) is 0 Å². The van der Waals surface area contributed by atoms with Crippen molar-refractivity contribution in [3.63, 3.8) is 0 Å². The van der Waals surface area contributed by atoms with Crippen molar-refractivity contribution in [2.75, 3.05) is 19.0 Å². The molecule has 0 atom stereocenters. The van der Waals surface area contributed by atoms with Crippen LogP contribution in [0.4, 0.5) is 5.69 Å². The SMILES string of the molecule is COC(=O)CNC(=O)c1ccc(NC(=O)c2cccc(Cl)c2)cc1. The Bertz CT molecular complexity index is 759. The molecule has 2 rings (SSSR count). The summed E-state index contributed by atoms with van der Waals surface area (Å²) < 4.78 is 4.44. The van der Waals surface area contributed by atoms with E-state index in [1.807, 2.05) is 0 Å². The van der Waals surface area contributed by atoms with E-state index in [2.05, 4.69) is 15.4 Å². The van der Waals surface area contributed by atoms with Crippen LogP contribution in [-0.4, -0.2) is 31.4 Å². The van der Waals surface area contributed by atoms with Gasteiger partial charge in [0.1, 0.15) is 6.54 Å². The fourth-order valence-corrected chi connectivity index (χ4v) is 2.05. The van der Waals surface area contributed by atoms with E-state index in [4.69, 9.17) is 11.6 Å². The Morgan fingerprint density at radius 1 is 1.00 bits per heavy atom. The first-order valence-corrected chi connectivity index (χ1v) is 7.39. The Morgan fingerprint density at radius 2 is 1.71 bits per heavy atom. The molecule has 0 radical (unpaired) electrons. The molecule has 0 heterocycles. The van der Waals surface area contributed by atoms with E-state index in [-0.39, 0.29) is 12.5 Å². The highest BCUT2D eigenvalue weighted by molar-refractivity contribution is 6.31. The summed E-state index contributed by atoms with van der Waals surface area (Å²) in [4.78, 5) is 34.9. The number of esters is 1.